The molecule has 15 rings (SSSR count). The second-order valence-corrected chi connectivity index (χ2v) is 20.0. The molecule has 4 fully saturated rings. The van der Waals surface area contributed by atoms with Gasteiger partial charge in [-0.05, 0) is 184 Å². The van der Waals surface area contributed by atoms with Crippen LogP contribution in [0.15, 0.2) is 170 Å². The van der Waals surface area contributed by atoms with Crippen LogP contribution < -0.4 is 0 Å². The van der Waals surface area contributed by atoms with E-state index in [2.05, 4.69) is 184 Å². The minimum absolute atomic E-state index is 0.151. The van der Waals surface area contributed by atoms with Gasteiger partial charge in [0.05, 0.1) is 0 Å². The third-order valence-corrected chi connectivity index (χ3v) is 16.8. The lowest BCUT2D eigenvalue weighted by molar-refractivity contribution is -0.0393. The molecule has 0 atom stereocenters. The first kappa shape index (κ1) is 34.5. The van der Waals surface area contributed by atoms with E-state index in [1.807, 2.05) is 0 Å². The van der Waals surface area contributed by atoms with Crippen LogP contribution in [0.3, 0.4) is 0 Å². The van der Waals surface area contributed by atoms with Gasteiger partial charge in [-0.3, -0.25) is 0 Å². The fourth-order valence-electron chi connectivity index (χ4n) is 14.6. The Morgan fingerprint density at radius 1 is 0.361 bits per heavy atom. The summed E-state index contributed by atoms with van der Waals surface area (Å²) in [5.74, 6) is 3.42. The molecule has 4 bridgehead atoms. The van der Waals surface area contributed by atoms with Gasteiger partial charge >= 0.3 is 0 Å². The SMILES string of the molecule is CC1(C)c2cc(-c3ccc4c5c(ccc4c3)-c3ccccc3C53C4CC5CC(C4)CC3C5)ccc2-c2ccc(-c3c4ccccc4c(-c4ccccc4)c4ccccc34)cc21. The largest absolute Gasteiger partial charge is 0.0622 e. The molecule has 0 aliphatic heterocycles. The fourth-order valence-corrected chi connectivity index (χ4v) is 14.6. The second kappa shape index (κ2) is 12.2. The van der Waals surface area contributed by atoms with Crippen molar-refractivity contribution in [3.63, 3.8) is 0 Å². The lowest BCUT2D eigenvalue weighted by atomic mass is 9.43. The molecular weight excluding hydrogens is 733 g/mol. The zero-order chi connectivity index (χ0) is 40.2. The zero-order valence-electron chi connectivity index (χ0n) is 35.0. The first-order chi connectivity index (χ1) is 30.0. The van der Waals surface area contributed by atoms with E-state index in [4.69, 9.17) is 0 Å². The van der Waals surface area contributed by atoms with E-state index >= 15 is 0 Å². The molecule has 4 saturated carbocycles. The number of hydrogen-bond acceptors (Lipinski definition) is 0. The average Bonchev–Trinajstić information content (AvgIpc) is 3.72. The quantitative estimate of drug-likeness (QED) is 0.157. The third kappa shape index (κ3) is 4.51. The van der Waals surface area contributed by atoms with Crippen LogP contribution >= 0.6 is 0 Å². The molecule has 0 nitrogen and oxygen atoms in total. The Bertz CT molecular complexity index is 3260. The van der Waals surface area contributed by atoms with E-state index in [1.165, 1.54) is 131 Å². The zero-order valence-corrected chi connectivity index (χ0v) is 35.0. The molecule has 0 heterocycles. The van der Waals surface area contributed by atoms with Crippen molar-refractivity contribution in [3.05, 3.63) is 192 Å². The maximum absolute atomic E-state index is 2.51. The van der Waals surface area contributed by atoms with Gasteiger partial charge in [-0.15, -0.1) is 0 Å². The van der Waals surface area contributed by atoms with Crippen LogP contribution in [0.25, 0.3) is 88.0 Å². The molecule has 0 amide bonds. The van der Waals surface area contributed by atoms with Gasteiger partial charge in [0.15, 0.2) is 0 Å². The summed E-state index contributed by atoms with van der Waals surface area (Å²) in [5, 5.41) is 8.08. The van der Waals surface area contributed by atoms with Crippen LogP contribution in [0.5, 0.6) is 0 Å². The van der Waals surface area contributed by atoms with Crippen LogP contribution in [-0.4, -0.2) is 0 Å². The van der Waals surface area contributed by atoms with Crippen molar-refractivity contribution in [1.29, 1.82) is 0 Å². The minimum Gasteiger partial charge on any atom is -0.0622 e. The van der Waals surface area contributed by atoms with Crippen molar-refractivity contribution in [2.45, 2.75) is 56.8 Å². The summed E-state index contributed by atoms with van der Waals surface area (Å²) >= 11 is 0. The maximum Gasteiger partial charge on any atom is 0.0278 e. The molecule has 6 aliphatic carbocycles. The summed E-state index contributed by atoms with van der Waals surface area (Å²) in [4.78, 5) is 0. The molecule has 1 spiro atoms. The molecule has 0 aromatic heterocycles. The number of benzene rings is 9. The molecular formula is C61H48. The number of hydrogen-bond donors (Lipinski definition) is 0. The van der Waals surface area contributed by atoms with Gasteiger partial charge < -0.3 is 0 Å². The topological polar surface area (TPSA) is 0 Å². The Hall–Kier alpha value is -6.24. The highest BCUT2D eigenvalue weighted by Gasteiger charge is 2.62. The third-order valence-electron chi connectivity index (χ3n) is 16.8. The first-order valence-corrected chi connectivity index (χ1v) is 22.9. The smallest absolute Gasteiger partial charge is 0.0278 e. The summed E-state index contributed by atoms with van der Waals surface area (Å²) in [7, 11) is 0. The molecule has 0 heteroatoms. The van der Waals surface area contributed by atoms with E-state index in [0.717, 1.165) is 23.7 Å². The van der Waals surface area contributed by atoms with Gasteiger partial charge in [0.1, 0.15) is 0 Å². The van der Waals surface area contributed by atoms with Crippen LogP contribution in [0, 0.1) is 23.7 Å². The van der Waals surface area contributed by atoms with Crippen LogP contribution in [0.4, 0.5) is 0 Å². The molecule has 61 heavy (non-hydrogen) atoms. The minimum atomic E-state index is -0.151. The Balaban J connectivity index is 0.878. The normalized spacial score (nSPS) is 23.4. The second-order valence-electron chi connectivity index (χ2n) is 20.0. The Kier molecular flexibility index (Phi) is 6.89. The summed E-state index contributed by atoms with van der Waals surface area (Å²) in [5.41, 5.74) is 19.7. The first-order valence-electron chi connectivity index (χ1n) is 22.9. The highest BCUT2D eigenvalue weighted by atomic mass is 14.6. The molecule has 9 aromatic rings. The Morgan fingerprint density at radius 3 is 1.51 bits per heavy atom. The average molecular weight is 781 g/mol. The van der Waals surface area contributed by atoms with Gasteiger partial charge in [0, 0.05) is 10.8 Å². The standard InChI is InChI=1S/C61H48/c1-60(2)55-34-40(39-20-24-45-41(33-39)22-27-53-46-14-10-11-19-54(46)61(59(45)53)43-29-36-28-37(31-43)32-44(61)30-36)21-25-47(55)48-26-23-42(35-56(48)60)58-51-17-8-6-15-49(51)57(38-12-4-3-5-13-38)50-16-7-9-18-52(50)58/h3-27,33-37,43-44H,28-32H2,1-2H3. The maximum atomic E-state index is 2.51. The Morgan fingerprint density at radius 2 is 0.852 bits per heavy atom. The molecule has 9 aromatic carbocycles. The van der Waals surface area contributed by atoms with Crippen molar-refractivity contribution < 1.29 is 0 Å². The van der Waals surface area contributed by atoms with E-state index in [9.17, 15) is 0 Å². The van der Waals surface area contributed by atoms with Gasteiger partial charge in [-0.2, -0.15) is 0 Å². The molecule has 0 saturated heterocycles. The predicted molar refractivity (Wildman–Crippen MR) is 256 cm³/mol. The van der Waals surface area contributed by atoms with Gasteiger partial charge in [-0.25, -0.2) is 0 Å². The summed E-state index contributed by atoms with van der Waals surface area (Å²) in [6, 6.07) is 65.4. The summed E-state index contributed by atoms with van der Waals surface area (Å²) in [6.07, 6.45) is 7.14. The van der Waals surface area contributed by atoms with E-state index in [0.29, 0.717) is 0 Å². The van der Waals surface area contributed by atoms with Gasteiger partial charge in [-0.1, -0.05) is 166 Å². The lowest BCUT2D eigenvalue weighted by Crippen LogP contribution is -2.55. The van der Waals surface area contributed by atoms with Crippen molar-refractivity contribution >= 4 is 32.3 Å². The monoisotopic (exact) mass is 780 g/mol. The predicted octanol–water partition coefficient (Wildman–Crippen LogP) is 16.2. The van der Waals surface area contributed by atoms with Crippen LogP contribution in [-0.2, 0) is 10.8 Å². The lowest BCUT2D eigenvalue weighted by Gasteiger charge is -2.61. The summed E-state index contributed by atoms with van der Waals surface area (Å²) in [6.45, 7) is 4.87. The van der Waals surface area contributed by atoms with Crippen molar-refractivity contribution in [2.75, 3.05) is 0 Å². The fraction of sp³-hybridized carbons (Fsp3) is 0.213. The Labute approximate surface area is 358 Å². The van der Waals surface area contributed by atoms with Crippen molar-refractivity contribution in [3.8, 4) is 55.6 Å². The highest BCUT2D eigenvalue weighted by molar-refractivity contribution is 6.21. The summed E-state index contributed by atoms with van der Waals surface area (Å²) < 4.78 is 0. The van der Waals surface area contributed by atoms with Crippen molar-refractivity contribution in [2.24, 2.45) is 23.7 Å². The molecule has 6 aliphatic rings. The highest BCUT2D eigenvalue weighted by Crippen LogP contribution is 2.70. The molecule has 0 N–H and O–H groups in total. The van der Waals surface area contributed by atoms with E-state index in [-0.39, 0.29) is 10.8 Å². The van der Waals surface area contributed by atoms with E-state index in [1.54, 1.807) is 11.1 Å². The van der Waals surface area contributed by atoms with Crippen LogP contribution in [0.2, 0.25) is 0 Å². The van der Waals surface area contributed by atoms with E-state index < -0.39 is 0 Å². The van der Waals surface area contributed by atoms with Crippen molar-refractivity contribution in [1.82, 2.24) is 0 Å². The molecule has 292 valence electrons. The number of rotatable bonds is 3. The number of fused-ring (bicyclic) bond motifs is 10. The molecule has 0 unspecified atom stereocenters. The van der Waals surface area contributed by atoms with Gasteiger partial charge in [0.25, 0.3) is 0 Å². The van der Waals surface area contributed by atoms with Crippen LogP contribution in [0.1, 0.15) is 68.2 Å². The van der Waals surface area contributed by atoms with Gasteiger partial charge in [0.2, 0.25) is 0 Å². The molecule has 0 radical (unpaired) electrons.